The van der Waals surface area contributed by atoms with E-state index in [1.54, 1.807) is 12.3 Å². The van der Waals surface area contributed by atoms with Crippen LogP contribution >= 0.6 is 0 Å². The molecule has 5 nitrogen and oxygen atoms in total. The predicted molar refractivity (Wildman–Crippen MR) is 139 cm³/mol. The van der Waals surface area contributed by atoms with Crippen molar-refractivity contribution in [2.24, 2.45) is 5.10 Å². The second-order valence-corrected chi connectivity index (χ2v) is 7.98. The van der Waals surface area contributed by atoms with Crippen LogP contribution in [0.2, 0.25) is 0 Å². The van der Waals surface area contributed by atoms with E-state index >= 15 is 0 Å². The van der Waals surface area contributed by atoms with E-state index in [-0.39, 0.29) is 5.91 Å². The first-order chi connectivity index (χ1) is 17.3. The number of rotatable bonds is 7. The third-order valence-corrected chi connectivity index (χ3v) is 5.52. The van der Waals surface area contributed by atoms with Crippen LogP contribution in [0.1, 0.15) is 21.5 Å². The molecule has 5 heteroatoms. The number of hydrazone groups is 1. The highest BCUT2D eigenvalue weighted by molar-refractivity contribution is 6.07. The second kappa shape index (κ2) is 10.4. The Kier molecular flexibility index (Phi) is 6.58. The zero-order chi connectivity index (χ0) is 23.9. The molecular formula is C30H23N3O2. The van der Waals surface area contributed by atoms with Crippen LogP contribution in [0.4, 0.5) is 0 Å². The van der Waals surface area contributed by atoms with Crippen LogP contribution < -0.4 is 10.2 Å². The molecule has 0 aliphatic carbocycles. The van der Waals surface area contributed by atoms with Gasteiger partial charge in [0.15, 0.2) is 0 Å². The Morgan fingerprint density at radius 1 is 0.829 bits per heavy atom. The molecule has 0 saturated heterocycles. The molecule has 4 aromatic carbocycles. The fourth-order valence-corrected chi connectivity index (χ4v) is 3.77. The van der Waals surface area contributed by atoms with E-state index < -0.39 is 0 Å². The summed E-state index contributed by atoms with van der Waals surface area (Å²) in [6.45, 7) is 0.483. The van der Waals surface area contributed by atoms with Gasteiger partial charge < -0.3 is 4.74 Å². The average molecular weight is 458 g/mol. The molecule has 0 unspecified atom stereocenters. The van der Waals surface area contributed by atoms with Gasteiger partial charge in [-0.25, -0.2) is 10.4 Å². The number of aromatic nitrogens is 1. The summed E-state index contributed by atoms with van der Waals surface area (Å²) >= 11 is 0. The second-order valence-electron chi connectivity index (χ2n) is 7.98. The maximum Gasteiger partial charge on any atom is 0.272 e. The van der Waals surface area contributed by atoms with Gasteiger partial charge in [0.25, 0.3) is 5.91 Å². The van der Waals surface area contributed by atoms with Crippen molar-refractivity contribution in [3.05, 3.63) is 132 Å². The highest BCUT2D eigenvalue weighted by atomic mass is 16.5. The maximum absolute atomic E-state index is 13.1. The molecule has 0 aliphatic heterocycles. The number of nitrogens with zero attached hydrogens (tertiary/aromatic N) is 2. The number of benzene rings is 4. The van der Waals surface area contributed by atoms with Gasteiger partial charge in [-0.2, -0.15) is 5.10 Å². The Morgan fingerprint density at radius 3 is 2.40 bits per heavy atom. The zero-order valence-electron chi connectivity index (χ0n) is 19.0. The topological polar surface area (TPSA) is 63.6 Å². The van der Waals surface area contributed by atoms with Gasteiger partial charge in [0.1, 0.15) is 12.4 Å². The van der Waals surface area contributed by atoms with Crippen LogP contribution in [0.5, 0.6) is 5.75 Å². The van der Waals surface area contributed by atoms with Crippen LogP contribution in [0.25, 0.3) is 22.2 Å². The molecule has 5 rings (SSSR count). The van der Waals surface area contributed by atoms with E-state index in [4.69, 9.17) is 9.72 Å². The molecular weight excluding hydrogens is 434 g/mol. The number of nitrogens with one attached hydrogen (secondary N) is 1. The van der Waals surface area contributed by atoms with Gasteiger partial charge in [0, 0.05) is 10.9 Å². The molecule has 0 radical (unpaired) electrons. The fraction of sp³-hybridized carbons (Fsp3) is 0.0333. The van der Waals surface area contributed by atoms with Crippen LogP contribution in [0, 0.1) is 0 Å². The minimum Gasteiger partial charge on any atom is -0.489 e. The Hall–Kier alpha value is -4.77. The summed E-state index contributed by atoms with van der Waals surface area (Å²) in [6.07, 6.45) is 1.61. The maximum atomic E-state index is 13.1. The van der Waals surface area contributed by atoms with Gasteiger partial charge in [-0.3, -0.25) is 4.79 Å². The first kappa shape index (κ1) is 22.0. The van der Waals surface area contributed by atoms with Gasteiger partial charge in [-0.15, -0.1) is 0 Å². The number of pyridine rings is 1. The number of ether oxygens (including phenoxy) is 1. The average Bonchev–Trinajstić information content (AvgIpc) is 2.92. The summed E-state index contributed by atoms with van der Waals surface area (Å²) in [6, 6.07) is 36.8. The zero-order valence-corrected chi connectivity index (χ0v) is 19.0. The summed E-state index contributed by atoms with van der Waals surface area (Å²) in [4.78, 5) is 17.8. The molecule has 0 atom stereocenters. The van der Waals surface area contributed by atoms with Crippen molar-refractivity contribution in [3.63, 3.8) is 0 Å². The molecule has 1 amide bonds. The highest BCUT2D eigenvalue weighted by Gasteiger charge is 2.13. The molecule has 0 spiro atoms. The summed E-state index contributed by atoms with van der Waals surface area (Å²) < 4.78 is 5.88. The Balaban J connectivity index is 1.32. The lowest BCUT2D eigenvalue weighted by Crippen LogP contribution is -2.18. The van der Waals surface area contributed by atoms with Crippen molar-refractivity contribution in [1.82, 2.24) is 10.4 Å². The van der Waals surface area contributed by atoms with E-state index in [0.717, 1.165) is 39.0 Å². The largest absolute Gasteiger partial charge is 0.489 e. The Morgan fingerprint density at radius 2 is 1.57 bits per heavy atom. The number of carbonyl (C=O) groups is 1. The van der Waals surface area contributed by atoms with Crippen molar-refractivity contribution in [1.29, 1.82) is 0 Å². The summed E-state index contributed by atoms with van der Waals surface area (Å²) in [5.74, 6) is 0.435. The van der Waals surface area contributed by atoms with Crippen molar-refractivity contribution in [2.45, 2.75) is 6.61 Å². The number of hydrogen-bond acceptors (Lipinski definition) is 4. The molecule has 0 fully saturated rings. The van der Waals surface area contributed by atoms with Crippen LogP contribution in [0.15, 0.2) is 120 Å². The lowest BCUT2D eigenvalue weighted by Gasteiger charge is -2.09. The standard InChI is InChI=1S/C30H23N3O2/c34-30(27-19-29(24-13-5-2-6-14-24)32-28-17-8-7-16-26(27)28)33-31-20-23-12-9-15-25(18-23)35-21-22-10-3-1-4-11-22/h1-20H,21H2,(H,33,34)/b31-20+. The Labute approximate surface area is 203 Å². The molecule has 170 valence electrons. The van der Waals surface area contributed by atoms with Crippen LogP contribution in [-0.4, -0.2) is 17.1 Å². The normalized spacial score (nSPS) is 11.0. The van der Waals surface area contributed by atoms with Gasteiger partial charge >= 0.3 is 0 Å². The minimum atomic E-state index is -0.298. The monoisotopic (exact) mass is 457 g/mol. The van der Waals surface area contributed by atoms with E-state index in [1.165, 1.54) is 0 Å². The van der Waals surface area contributed by atoms with Crippen molar-refractivity contribution in [3.8, 4) is 17.0 Å². The number of carbonyl (C=O) groups excluding carboxylic acids is 1. The van der Waals surface area contributed by atoms with Crippen molar-refractivity contribution >= 4 is 23.0 Å². The number of fused-ring (bicyclic) bond motifs is 1. The van der Waals surface area contributed by atoms with Gasteiger partial charge in [0.05, 0.1) is 23.0 Å². The first-order valence-corrected chi connectivity index (χ1v) is 11.3. The van der Waals surface area contributed by atoms with Gasteiger partial charge in [-0.1, -0.05) is 91.0 Å². The predicted octanol–water partition coefficient (Wildman–Crippen LogP) is 6.24. The van der Waals surface area contributed by atoms with E-state index in [0.29, 0.717) is 12.2 Å². The fourth-order valence-electron chi connectivity index (χ4n) is 3.77. The molecule has 35 heavy (non-hydrogen) atoms. The lowest BCUT2D eigenvalue weighted by atomic mass is 10.0. The summed E-state index contributed by atoms with van der Waals surface area (Å²) in [5, 5.41) is 4.96. The van der Waals surface area contributed by atoms with E-state index in [1.807, 2.05) is 109 Å². The third kappa shape index (κ3) is 5.42. The van der Waals surface area contributed by atoms with Crippen LogP contribution in [0.3, 0.4) is 0 Å². The van der Waals surface area contributed by atoms with E-state index in [2.05, 4.69) is 10.5 Å². The number of hydrogen-bond donors (Lipinski definition) is 1. The lowest BCUT2D eigenvalue weighted by molar-refractivity contribution is 0.0956. The molecule has 1 aromatic heterocycles. The SMILES string of the molecule is O=C(N/N=C/c1cccc(OCc2ccccc2)c1)c1cc(-c2ccccc2)nc2ccccc12. The molecule has 5 aromatic rings. The van der Waals surface area contributed by atoms with Gasteiger partial charge in [0.2, 0.25) is 0 Å². The molecule has 1 N–H and O–H groups in total. The number of amides is 1. The first-order valence-electron chi connectivity index (χ1n) is 11.3. The molecule has 0 saturated carbocycles. The summed E-state index contributed by atoms with van der Waals surface area (Å²) in [5.41, 5.74) is 7.53. The van der Waals surface area contributed by atoms with Crippen molar-refractivity contribution < 1.29 is 9.53 Å². The quantitative estimate of drug-likeness (QED) is 0.232. The molecule has 0 bridgehead atoms. The third-order valence-electron chi connectivity index (χ3n) is 5.52. The minimum absolute atomic E-state index is 0.298. The molecule has 1 heterocycles. The highest BCUT2D eigenvalue weighted by Crippen LogP contribution is 2.24. The number of para-hydroxylation sites is 1. The van der Waals surface area contributed by atoms with Gasteiger partial charge in [-0.05, 0) is 35.4 Å². The summed E-state index contributed by atoms with van der Waals surface area (Å²) in [7, 11) is 0. The van der Waals surface area contributed by atoms with Crippen LogP contribution in [-0.2, 0) is 6.61 Å². The Bertz CT molecular complexity index is 1480. The van der Waals surface area contributed by atoms with E-state index in [9.17, 15) is 4.79 Å². The van der Waals surface area contributed by atoms with Crippen molar-refractivity contribution in [2.75, 3.05) is 0 Å². The molecule has 0 aliphatic rings. The smallest absolute Gasteiger partial charge is 0.272 e.